The maximum atomic E-state index is 8.63. The molecule has 118 valence electrons. The van der Waals surface area contributed by atoms with Crippen LogP contribution in [0, 0.1) is 5.41 Å². The Labute approximate surface area is 146 Å². The number of imidazole rings is 1. The van der Waals surface area contributed by atoms with E-state index in [0.717, 1.165) is 17.8 Å². The minimum atomic E-state index is 0. The highest BCUT2D eigenvalue weighted by molar-refractivity contribution is 8.93. The quantitative estimate of drug-likeness (QED) is 0.512. The fourth-order valence-electron chi connectivity index (χ4n) is 3.32. The first-order chi connectivity index (χ1) is 10.7. The number of hydrogen-bond donors (Lipinski definition) is 1. The highest BCUT2D eigenvalue weighted by Gasteiger charge is 2.21. The predicted octanol–water partition coefficient (Wildman–Crippen LogP) is 4.49. The summed E-state index contributed by atoms with van der Waals surface area (Å²) in [6, 6.07) is 17.2. The van der Waals surface area contributed by atoms with E-state index < -0.39 is 0 Å². The molecule has 0 unspecified atom stereocenters. The summed E-state index contributed by atoms with van der Waals surface area (Å²) in [5, 5.41) is 8.63. The van der Waals surface area contributed by atoms with Crippen molar-refractivity contribution in [2.24, 2.45) is 0 Å². The smallest absolute Gasteiger partial charge is 0.207 e. The third kappa shape index (κ3) is 2.38. The number of nitrogens with zero attached hydrogens (tertiary/aromatic N) is 2. The summed E-state index contributed by atoms with van der Waals surface area (Å²) in [5.74, 6) is 0. The first kappa shape index (κ1) is 15.8. The molecule has 1 aliphatic rings. The van der Waals surface area contributed by atoms with E-state index in [1.807, 2.05) is 4.57 Å². The van der Waals surface area contributed by atoms with Crippen LogP contribution in [0.25, 0.3) is 16.9 Å². The number of hydrogen-bond acceptors (Lipinski definition) is 1. The van der Waals surface area contributed by atoms with Crippen LogP contribution in [0.4, 0.5) is 0 Å². The van der Waals surface area contributed by atoms with E-state index in [-0.39, 0.29) is 23.0 Å². The Morgan fingerprint density at radius 3 is 2.35 bits per heavy atom. The molecule has 1 N–H and O–H groups in total. The Morgan fingerprint density at radius 2 is 1.61 bits per heavy atom. The maximum absolute atomic E-state index is 8.63. The standard InChI is InChI=1S/C19H19N3.BrH/c1-13(2)21-12-18-16-9-5-3-7-14(16)11-15-8-4-6-10-17(15)22(18)19(21)20;/h3-10,12-13,20H,11H2,1-2H3;1H. The summed E-state index contributed by atoms with van der Waals surface area (Å²) in [7, 11) is 0. The van der Waals surface area contributed by atoms with Crippen molar-refractivity contribution in [3.8, 4) is 16.9 Å². The number of rotatable bonds is 1. The molecule has 1 aliphatic heterocycles. The van der Waals surface area contributed by atoms with Gasteiger partial charge in [0, 0.05) is 24.2 Å². The summed E-state index contributed by atoms with van der Waals surface area (Å²) >= 11 is 0. The Bertz CT molecular complexity index is 918. The first-order valence-corrected chi connectivity index (χ1v) is 7.72. The lowest BCUT2D eigenvalue weighted by Crippen LogP contribution is -2.25. The van der Waals surface area contributed by atoms with Crippen molar-refractivity contribution in [1.82, 2.24) is 9.13 Å². The van der Waals surface area contributed by atoms with E-state index in [4.69, 9.17) is 5.41 Å². The van der Waals surface area contributed by atoms with Gasteiger partial charge in [-0.15, -0.1) is 17.0 Å². The predicted molar refractivity (Wildman–Crippen MR) is 98.6 cm³/mol. The second kappa shape index (κ2) is 5.85. The van der Waals surface area contributed by atoms with Crippen molar-refractivity contribution < 1.29 is 0 Å². The molecule has 0 radical (unpaired) electrons. The zero-order chi connectivity index (χ0) is 15.3. The van der Waals surface area contributed by atoms with Crippen molar-refractivity contribution in [2.75, 3.05) is 0 Å². The van der Waals surface area contributed by atoms with Gasteiger partial charge in [0.15, 0.2) is 0 Å². The van der Waals surface area contributed by atoms with Crippen LogP contribution in [0.5, 0.6) is 0 Å². The van der Waals surface area contributed by atoms with Crippen LogP contribution in [0.1, 0.15) is 31.0 Å². The maximum Gasteiger partial charge on any atom is 0.207 e. The Hall–Kier alpha value is -2.07. The second-order valence-corrected chi connectivity index (χ2v) is 6.14. The van der Waals surface area contributed by atoms with Gasteiger partial charge < -0.3 is 4.57 Å². The van der Waals surface area contributed by atoms with Crippen molar-refractivity contribution in [3.05, 3.63) is 71.5 Å². The van der Waals surface area contributed by atoms with Crippen molar-refractivity contribution in [1.29, 1.82) is 5.41 Å². The molecule has 0 amide bonds. The molecule has 23 heavy (non-hydrogen) atoms. The van der Waals surface area contributed by atoms with Crippen LogP contribution in [-0.4, -0.2) is 9.13 Å². The molecule has 0 aliphatic carbocycles. The van der Waals surface area contributed by atoms with Crippen LogP contribution in [0.2, 0.25) is 0 Å². The lowest BCUT2D eigenvalue weighted by Gasteiger charge is -2.10. The molecule has 2 aromatic carbocycles. The highest BCUT2D eigenvalue weighted by atomic mass is 79.9. The molecule has 4 heteroatoms. The number of fused-ring (bicyclic) bond motifs is 5. The minimum Gasteiger partial charge on any atom is -0.314 e. The van der Waals surface area contributed by atoms with Crippen LogP contribution >= 0.6 is 17.0 Å². The third-order valence-electron chi connectivity index (χ3n) is 4.42. The SMILES string of the molecule is Br.CC(C)n1cc2n(c1=N)-c1ccccc1Cc1ccccc1-2. The van der Waals surface area contributed by atoms with E-state index >= 15 is 0 Å². The number of benzene rings is 2. The molecule has 1 aromatic heterocycles. The van der Waals surface area contributed by atoms with Gasteiger partial charge in [0.1, 0.15) is 0 Å². The molecular formula is C19H20BrN3. The molecule has 2 heterocycles. The van der Waals surface area contributed by atoms with E-state index in [0.29, 0.717) is 5.62 Å². The normalized spacial score (nSPS) is 12.0. The van der Waals surface area contributed by atoms with Gasteiger partial charge in [-0.05, 0) is 31.0 Å². The third-order valence-corrected chi connectivity index (χ3v) is 4.42. The molecule has 3 nitrogen and oxygen atoms in total. The van der Waals surface area contributed by atoms with Crippen molar-refractivity contribution in [2.45, 2.75) is 26.3 Å². The number of para-hydroxylation sites is 1. The van der Waals surface area contributed by atoms with E-state index in [9.17, 15) is 0 Å². The Balaban J connectivity index is 0.00000156. The van der Waals surface area contributed by atoms with E-state index in [2.05, 4.69) is 73.1 Å². The molecule has 0 atom stereocenters. The number of aromatic nitrogens is 2. The highest BCUT2D eigenvalue weighted by Crippen LogP contribution is 2.33. The monoisotopic (exact) mass is 369 g/mol. The van der Waals surface area contributed by atoms with Gasteiger partial charge >= 0.3 is 0 Å². The fraction of sp³-hybridized carbons (Fsp3) is 0.211. The van der Waals surface area contributed by atoms with Crippen LogP contribution < -0.4 is 5.62 Å². The van der Waals surface area contributed by atoms with Crippen LogP contribution in [0.15, 0.2) is 54.7 Å². The van der Waals surface area contributed by atoms with Gasteiger partial charge in [-0.2, -0.15) is 0 Å². The van der Waals surface area contributed by atoms with E-state index in [1.54, 1.807) is 0 Å². The molecule has 4 rings (SSSR count). The van der Waals surface area contributed by atoms with Crippen LogP contribution in [-0.2, 0) is 6.42 Å². The van der Waals surface area contributed by atoms with E-state index in [1.165, 1.54) is 16.7 Å². The minimum absolute atomic E-state index is 0. The summed E-state index contributed by atoms with van der Waals surface area (Å²) < 4.78 is 4.12. The van der Waals surface area contributed by atoms with Gasteiger partial charge in [-0.1, -0.05) is 42.5 Å². The average Bonchev–Trinajstić information content (AvgIpc) is 2.79. The summed E-state index contributed by atoms with van der Waals surface area (Å²) in [6.45, 7) is 4.24. The lowest BCUT2D eigenvalue weighted by atomic mass is 9.99. The van der Waals surface area contributed by atoms with Gasteiger partial charge in [-0.25, -0.2) is 0 Å². The van der Waals surface area contributed by atoms with Crippen molar-refractivity contribution in [3.63, 3.8) is 0 Å². The van der Waals surface area contributed by atoms with Gasteiger partial charge in [0.05, 0.1) is 11.4 Å². The number of nitrogens with one attached hydrogen (secondary N) is 1. The van der Waals surface area contributed by atoms with Gasteiger partial charge in [0.2, 0.25) is 5.62 Å². The second-order valence-electron chi connectivity index (χ2n) is 6.14. The molecule has 0 saturated carbocycles. The average molecular weight is 370 g/mol. The number of halogens is 1. The molecule has 0 bridgehead atoms. The molecule has 3 aromatic rings. The largest absolute Gasteiger partial charge is 0.314 e. The summed E-state index contributed by atoms with van der Waals surface area (Å²) in [4.78, 5) is 0. The Kier molecular flexibility index (Phi) is 4.02. The summed E-state index contributed by atoms with van der Waals surface area (Å²) in [5.41, 5.74) is 6.59. The molecular weight excluding hydrogens is 350 g/mol. The topological polar surface area (TPSA) is 33.7 Å². The Morgan fingerprint density at radius 1 is 0.957 bits per heavy atom. The van der Waals surface area contributed by atoms with Crippen molar-refractivity contribution >= 4 is 17.0 Å². The zero-order valence-corrected chi connectivity index (χ0v) is 15.0. The fourth-order valence-corrected chi connectivity index (χ4v) is 3.32. The van der Waals surface area contributed by atoms with Gasteiger partial charge in [0.25, 0.3) is 0 Å². The van der Waals surface area contributed by atoms with Crippen LogP contribution in [0.3, 0.4) is 0 Å². The lowest BCUT2D eigenvalue weighted by molar-refractivity contribution is 0.557. The summed E-state index contributed by atoms with van der Waals surface area (Å²) in [6.07, 6.45) is 3.03. The first-order valence-electron chi connectivity index (χ1n) is 7.72. The molecule has 0 fully saturated rings. The molecule has 0 saturated heterocycles. The van der Waals surface area contributed by atoms with Gasteiger partial charge in [-0.3, -0.25) is 9.98 Å². The molecule has 0 spiro atoms. The zero-order valence-electron chi connectivity index (χ0n) is 13.3.